The molecule has 0 amide bonds. The Bertz CT molecular complexity index is 971. The highest BCUT2D eigenvalue weighted by Gasteiger charge is 2.31. The summed E-state index contributed by atoms with van der Waals surface area (Å²) in [6.07, 6.45) is 6.09. The Kier molecular flexibility index (Phi) is 4.25. The zero-order valence-corrected chi connectivity index (χ0v) is 16.0. The molecule has 2 aliphatic rings. The molecule has 27 heavy (non-hydrogen) atoms. The third kappa shape index (κ3) is 3.07. The largest absolute Gasteiger partial charge is 0.446 e. The minimum atomic E-state index is 0.403. The van der Waals surface area contributed by atoms with Crippen molar-refractivity contribution in [2.45, 2.75) is 57.5 Å². The Morgan fingerprint density at radius 3 is 2.70 bits per heavy atom. The van der Waals surface area contributed by atoms with Crippen LogP contribution in [0.1, 0.15) is 66.4 Å². The molecule has 3 heterocycles. The molecule has 0 saturated heterocycles. The Hall–Kier alpha value is -2.18. The van der Waals surface area contributed by atoms with Gasteiger partial charge in [-0.25, -0.2) is 4.98 Å². The van der Waals surface area contributed by atoms with Gasteiger partial charge in [-0.3, -0.25) is 4.57 Å². The molecule has 1 fully saturated rings. The van der Waals surface area contributed by atoms with Gasteiger partial charge in [0.25, 0.3) is 0 Å². The molecule has 6 nitrogen and oxygen atoms in total. The van der Waals surface area contributed by atoms with Crippen molar-refractivity contribution < 1.29 is 4.42 Å². The van der Waals surface area contributed by atoms with Crippen LogP contribution in [0.25, 0.3) is 5.69 Å². The van der Waals surface area contributed by atoms with Crippen LogP contribution in [0.2, 0.25) is 5.02 Å². The van der Waals surface area contributed by atoms with Gasteiger partial charge in [-0.2, -0.15) is 0 Å². The predicted octanol–water partition coefficient (Wildman–Crippen LogP) is 4.26. The maximum atomic E-state index is 6.21. The van der Waals surface area contributed by atoms with E-state index in [1.165, 1.54) is 5.56 Å². The first kappa shape index (κ1) is 17.0. The van der Waals surface area contributed by atoms with Gasteiger partial charge >= 0.3 is 0 Å². The summed E-state index contributed by atoms with van der Waals surface area (Å²) in [6, 6.07) is 6.06. The van der Waals surface area contributed by atoms with Crippen molar-refractivity contribution in [2.24, 2.45) is 0 Å². The average Bonchev–Trinajstić information content (AvgIpc) is 3.25. The number of rotatable bonds is 2. The van der Waals surface area contributed by atoms with E-state index < -0.39 is 0 Å². The van der Waals surface area contributed by atoms with Crippen LogP contribution in [0, 0.1) is 6.92 Å². The van der Waals surface area contributed by atoms with Gasteiger partial charge in [-0.15, -0.1) is 10.2 Å². The number of oxazole rings is 1. The first-order valence-electron chi connectivity index (χ1n) is 9.55. The van der Waals surface area contributed by atoms with Crippen molar-refractivity contribution in [2.75, 3.05) is 0 Å². The van der Waals surface area contributed by atoms with Crippen LogP contribution in [0.3, 0.4) is 0 Å². The maximum absolute atomic E-state index is 6.21. The lowest BCUT2D eigenvalue weighted by Crippen LogP contribution is -2.17. The molecule has 1 aromatic carbocycles. The Morgan fingerprint density at radius 2 is 1.93 bits per heavy atom. The number of fused-ring (bicyclic) bond motifs is 3. The fourth-order valence-corrected chi connectivity index (χ4v) is 4.55. The number of halogens is 1. The molecule has 140 valence electrons. The van der Waals surface area contributed by atoms with Gasteiger partial charge in [0.15, 0.2) is 11.7 Å². The molecule has 1 N–H and O–H groups in total. The fourth-order valence-electron chi connectivity index (χ4n) is 4.35. The van der Waals surface area contributed by atoms with E-state index in [1.54, 1.807) is 0 Å². The molecule has 0 atom stereocenters. The molecule has 1 aliphatic heterocycles. The molecule has 3 aromatic rings. The zero-order chi connectivity index (χ0) is 18.4. The van der Waals surface area contributed by atoms with Gasteiger partial charge in [-0.05, 0) is 56.4 Å². The van der Waals surface area contributed by atoms with Crippen molar-refractivity contribution in [1.82, 2.24) is 25.1 Å². The molecule has 0 radical (unpaired) electrons. The van der Waals surface area contributed by atoms with Crippen LogP contribution in [-0.2, 0) is 13.1 Å². The van der Waals surface area contributed by atoms with Crippen LogP contribution in [0.15, 0.2) is 28.8 Å². The Balaban J connectivity index is 1.43. The monoisotopic (exact) mass is 383 g/mol. The van der Waals surface area contributed by atoms with Crippen LogP contribution < -0.4 is 5.32 Å². The highest BCUT2D eigenvalue weighted by molar-refractivity contribution is 6.30. The number of aryl methyl sites for hydroxylation is 1. The van der Waals surface area contributed by atoms with Crippen LogP contribution in [0.4, 0.5) is 0 Å². The van der Waals surface area contributed by atoms with Crippen molar-refractivity contribution >= 4 is 11.6 Å². The van der Waals surface area contributed by atoms with E-state index in [0.717, 1.165) is 66.2 Å². The van der Waals surface area contributed by atoms with Crippen LogP contribution in [0.5, 0.6) is 0 Å². The first-order valence-corrected chi connectivity index (χ1v) is 9.93. The summed E-state index contributed by atoms with van der Waals surface area (Å²) in [5, 5.41) is 13.3. The molecule has 0 spiro atoms. The number of hydrogen-bond donors (Lipinski definition) is 1. The lowest BCUT2D eigenvalue weighted by atomic mass is 9.81. The van der Waals surface area contributed by atoms with E-state index in [-0.39, 0.29) is 0 Å². The summed E-state index contributed by atoms with van der Waals surface area (Å²) in [4.78, 5) is 4.43. The van der Waals surface area contributed by atoms with E-state index in [0.29, 0.717) is 18.4 Å². The van der Waals surface area contributed by atoms with Crippen LogP contribution in [-0.4, -0.2) is 19.7 Å². The quantitative estimate of drug-likeness (QED) is 0.716. The van der Waals surface area contributed by atoms with Crippen molar-refractivity contribution in [3.8, 4) is 5.69 Å². The summed E-state index contributed by atoms with van der Waals surface area (Å²) >= 11 is 6.21. The van der Waals surface area contributed by atoms with Crippen molar-refractivity contribution in [3.05, 3.63) is 58.3 Å². The summed E-state index contributed by atoms with van der Waals surface area (Å²) in [5.74, 6) is 4.62. The lowest BCUT2D eigenvalue weighted by molar-refractivity contribution is 0.326. The van der Waals surface area contributed by atoms with E-state index >= 15 is 0 Å². The standard InChI is InChI=1S/C20H22ClN5O/c1-12-9-23-20(27-12)14-4-2-13(3-5-14)19-25-24-18-11-22-10-15-8-16(21)6-7-17(15)26(18)19/h6-9,13-14,22H,2-5,10-11H2,1H3/t13-,14-. The molecule has 1 aliphatic carbocycles. The number of hydrogen-bond acceptors (Lipinski definition) is 5. The van der Waals surface area contributed by atoms with Gasteiger partial charge in [0.2, 0.25) is 0 Å². The summed E-state index contributed by atoms with van der Waals surface area (Å²) < 4.78 is 7.99. The van der Waals surface area contributed by atoms with E-state index in [1.807, 2.05) is 25.3 Å². The van der Waals surface area contributed by atoms with Gasteiger partial charge in [0.1, 0.15) is 11.6 Å². The fraction of sp³-hybridized carbons (Fsp3) is 0.450. The number of benzene rings is 1. The lowest BCUT2D eigenvalue weighted by Gasteiger charge is -2.26. The van der Waals surface area contributed by atoms with Gasteiger partial charge in [0.05, 0.1) is 18.4 Å². The molecule has 0 bridgehead atoms. The summed E-state index contributed by atoms with van der Waals surface area (Å²) in [7, 11) is 0. The smallest absolute Gasteiger partial charge is 0.197 e. The van der Waals surface area contributed by atoms with Gasteiger partial charge in [0, 0.05) is 23.4 Å². The SMILES string of the molecule is Cc1cnc([C@H]2CC[C@H](c3nnc4n3-c3ccc(Cl)cc3CNC4)CC2)o1. The highest BCUT2D eigenvalue weighted by atomic mass is 35.5. The Labute approximate surface area is 163 Å². The molecule has 2 aromatic heterocycles. The van der Waals surface area contributed by atoms with Crippen molar-refractivity contribution in [3.63, 3.8) is 0 Å². The third-order valence-electron chi connectivity index (χ3n) is 5.72. The minimum absolute atomic E-state index is 0.403. The van der Waals surface area contributed by atoms with E-state index in [4.69, 9.17) is 16.0 Å². The van der Waals surface area contributed by atoms with Gasteiger partial charge < -0.3 is 9.73 Å². The predicted molar refractivity (Wildman–Crippen MR) is 102 cm³/mol. The highest BCUT2D eigenvalue weighted by Crippen LogP contribution is 2.40. The second-order valence-corrected chi connectivity index (χ2v) is 7.98. The maximum Gasteiger partial charge on any atom is 0.197 e. The summed E-state index contributed by atoms with van der Waals surface area (Å²) in [6.45, 7) is 3.45. The summed E-state index contributed by atoms with van der Waals surface area (Å²) in [5.41, 5.74) is 2.33. The van der Waals surface area contributed by atoms with Gasteiger partial charge in [-0.1, -0.05) is 11.6 Å². The Morgan fingerprint density at radius 1 is 1.11 bits per heavy atom. The molecular weight excluding hydrogens is 362 g/mol. The molecular formula is C20H22ClN5O. The molecule has 1 saturated carbocycles. The van der Waals surface area contributed by atoms with E-state index in [9.17, 15) is 0 Å². The molecule has 5 rings (SSSR count). The second-order valence-electron chi connectivity index (χ2n) is 7.54. The minimum Gasteiger partial charge on any atom is -0.446 e. The zero-order valence-electron chi connectivity index (χ0n) is 15.3. The molecule has 0 unspecified atom stereocenters. The van der Waals surface area contributed by atoms with Crippen LogP contribution >= 0.6 is 11.6 Å². The molecule has 7 heteroatoms. The average molecular weight is 384 g/mol. The van der Waals surface area contributed by atoms with Crippen molar-refractivity contribution in [1.29, 1.82) is 0 Å². The normalized spacial score (nSPS) is 22.1. The number of nitrogens with zero attached hydrogens (tertiary/aromatic N) is 4. The number of nitrogens with one attached hydrogen (secondary N) is 1. The first-order chi connectivity index (χ1) is 13.2. The number of aromatic nitrogens is 4. The topological polar surface area (TPSA) is 68.8 Å². The second kappa shape index (κ2) is 6.77. The third-order valence-corrected chi connectivity index (χ3v) is 5.95. The van der Waals surface area contributed by atoms with E-state index in [2.05, 4.69) is 31.1 Å².